The molecule has 2 aliphatic rings. The Kier molecular flexibility index (Phi) is 7.24. The number of ether oxygens (including phenoxy) is 3. The molecule has 0 unspecified atom stereocenters. The van der Waals surface area contributed by atoms with Crippen molar-refractivity contribution in [2.24, 2.45) is 0 Å². The molecule has 3 aromatic heterocycles. The second-order valence-electron chi connectivity index (χ2n) is 9.50. The summed E-state index contributed by atoms with van der Waals surface area (Å²) in [4.78, 5) is 20.9. The van der Waals surface area contributed by atoms with Crippen molar-refractivity contribution in [2.45, 2.75) is 12.5 Å². The lowest BCUT2D eigenvalue weighted by atomic mass is 10.2. The molecule has 4 aromatic rings. The predicted octanol–water partition coefficient (Wildman–Crippen LogP) is 3.46. The molecular weight excluding hydrogens is 496 g/mol. The molecule has 5 heterocycles. The van der Waals surface area contributed by atoms with E-state index in [1.807, 2.05) is 24.3 Å². The number of methoxy groups -OCH3 is 2. The van der Waals surface area contributed by atoms with Crippen LogP contribution in [-0.4, -0.2) is 79.6 Å². The van der Waals surface area contributed by atoms with Crippen molar-refractivity contribution in [1.82, 2.24) is 25.3 Å². The van der Waals surface area contributed by atoms with Gasteiger partial charge in [0.05, 0.1) is 56.4 Å². The third-order valence-electron chi connectivity index (χ3n) is 7.04. The smallest absolute Gasteiger partial charge is 0.162 e. The number of anilines is 4. The van der Waals surface area contributed by atoms with Crippen molar-refractivity contribution in [2.75, 3.05) is 69.1 Å². The van der Waals surface area contributed by atoms with Crippen molar-refractivity contribution < 1.29 is 14.2 Å². The summed E-state index contributed by atoms with van der Waals surface area (Å²) in [5.74, 6) is 3.34. The van der Waals surface area contributed by atoms with Crippen molar-refractivity contribution in [3.05, 3.63) is 48.9 Å². The minimum Gasteiger partial charge on any atom is -0.494 e. The average molecular weight is 529 g/mol. The number of rotatable bonds is 8. The molecule has 202 valence electrons. The first-order chi connectivity index (χ1) is 19.2. The highest BCUT2D eigenvalue weighted by molar-refractivity contribution is 5.95. The third kappa shape index (κ3) is 5.36. The van der Waals surface area contributed by atoms with E-state index in [0.29, 0.717) is 22.9 Å². The number of hydrogen-bond acceptors (Lipinski definition) is 11. The summed E-state index contributed by atoms with van der Waals surface area (Å²) in [6.07, 6.45) is 6.19. The van der Waals surface area contributed by atoms with Crippen LogP contribution in [0.25, 0.3) is 22.3 Å². The van der Waals surface area contributed by atoms with E-state index in [0.717, 1.165) is 79.7 Å². The Morgan fingerprint density at radius 2 is 1.90 bits per heavy atom. The Labute approximate surface area is 226 Å². The summed E-state index contributed by atoms with van der Waals surface area (Å²) in [6.45, 7) is 5.04. The monoisotopic (exact) mass is 528 g/mol. The van der Waals surface area contributed by atoms with Gasteiger partial charge in [-0.25, -0.2) is 15.0 Å². The van der Waals surface area contributed by atoms with E-state index in [-0.39, 0.29) is 6.04 Å². The molecule has 0 amide bonds. The zero-order valence-electron chi connectivity index (χ0n) is 22.1. The molecule has 11 heteroatoms. The van der Waals surface area contributed by atoms with E-state index in [2.05, 4.69) is 36.9 Å². The summed E-state index contributed by atoms with van der Waals surface area (Å²) >= 11 is 0. The SMILES string of the molecule is COc1cc(N2CCOCC2)ccc1Nc1cc(-c2nc(N[C@@H]3CCNC3)c3c(OC)cncc3n2)ccn1. The van der Waals surface area contributed by atoms with Gasteiger partial charge in [-0.3, -0.25) is 4.98 Å². The predicted molar refractivity (Wildman–Crippen MR) is 151 cm³/mol. The second-order valence-corrected chi connectivity index (χ2v) is 9.50. The highest BCUT2D eigenvalue weighted by Gasteiger charge is 2.20. The molecule has 2 saturated heterocycles. The topological polar surface area (TPSA) is 119 Å². The average Bonchev–Trinajstić information content (AvgIpc) is 3.50. The molecule has 1 aromatic carbocycles. The largest absolute Gasteiger partial charge is 0.494 e. The molecule has 39 heavy (non-hydrogen) atoms. The number of pyridine rings is 2. The Bertz CT molecular complexity index is 1450. The van der Waals surface area contributed by atoms with Crippen LogP contribution in [0.3, 0.4) is 0 Å². The van der Waals surface area contributed by atoms with Crippen molar-refractivity contribution in [1.29, 1.82) is 0 Å². The zero-order valence-corrected chi connectivity index (χ0v) is 22.1. The van der Waals surface area contributed by atoms with E-state index in [1.54, 1.807) is 32.8 Å². The van der Waals surface area contributed by atoms with Gasteiger partial charge in [0.1, 0.15) is 23.1 Å². The number of hydrogen-bond donors (Lipinski definition) is 3. The van der Waals surface area contributed by atoms with E-state index < -0.39 is 0 Å². The van der Waals surface area contributed by atoms with Crippen molar-refractivity contribution >= 4 is 33.9 Å². The van der Waals surface area contributed by atoms with Gasteiger partial charge < -0.3 is 35.1 Å². The standard InChI is InChI=1S/C28H32N8O3/c1-37-23-14-20(36-9-11-39-12-10-36)3-4-21(23)33-25-13-18(5-8-31-25)27-34-22-16-30-17-24(38-2)26(22)28(35-27)32-19-6-7-29-15-19/h3-5,8,13-14,16-17,19,29H,6-7,9-12,15H2,1-2H3,(H,31,33)(H,32,34,35)/t19-/m1/s1. The van der Waals surface area contributed by atoms with Gasteiger partial charge >= 0.3 is 0 Å². The lowest BCUT2D eigenvalue weighted by Gasteiger charge is -2.29. The fourth-order valence-electron chi connectivity index (χ4n) is 4.99. The van der Waals surface area contributed by atoms with Crippen LogP contribution in [0.4, 0.5) is 23.0 Å². The number of fused-ring (bicyclic) bond motifs is 1. The number of benzene rings is 1. The third-order valence-corrected chi connectivity index (χ3v) is 7.04. The maximum atomic E-state index is 5.71. The van der Waals surface area contributed by atoms with Crippen LogP contribution in [0.2, 0.25) is 0 Å². The van der Waals surface area contributed by atoms with Gasteiger partial charge in [0.15, 0.2) is 5.82 Å². The van der Waals surface area contributed by atoms with Crippen LogP contribution >= 0.6 is 0 Å². The van der Waals surface area contributed by atoms with Gasteiger partial charge in [0, 0.05) is 49.2 Å². The van der Waals surface area contributed by atoms with Crippen LogP contribution in [0.15, 0.2) is 48.9 Å². The Balaban J connectivity index is 1.31. The Morgan fingerprint density at radius 3 is 2.69 bits per heavy atom. The highest BCUT2D eigenvalue weighted by atomic mass is 16.5. The molecule has 0 bridgehead atoms. The number of nitrogens with zero attached hydrogens (tertiary/aromatic N) is 5. The first kappa shape index (κ1) is 25.1. The Morgan fingerprint density at radius 1 is 1.03 bits per heavy atom. The van der Waals surface area contributed by atoms with Crippen molar-refractivity contribution in [3.8, 4) is 22.9 Å². The first-order valence-electron chi connectivity index (χ1n) is 13.1. The van der Waals surface area contributed by atoms with Crippen molar-refractivity contribution in [3.63, 3.8) is 0 Å². The van der Waals surface area contributed by atoms with Gasteiger partial charge in [0.2, 0.25) is 0 Å². The molecule has 0 saturated carbocycles. The molecule has 2 aliphatic heterocycles. The van der Waals surface area contributed by atoms with E-state index in [1.165, 1.54) is 0 Å². The maximum absolute atomic E-state index is 5.71. The van der Waals surface area contributed by atoms with Gasteiger partial charge in [-0.15, -0.1) is 0 Å². The summed E-state index contributed by atoms with van der Waals surface area (Å²) in [6, 6.07) is 10.3. The molecular formula is C28H32N8O3. The molecule has 3 N–H and O–H groups in total. The summed E-state index contributed by atoms with van der Waals surface area (Å²) < 4.78 is 16.8. The van der Waals surface area contributed by atoms with E-state index in [4.69, 9.17) is 24.2 Å². The fraction of sp³-hybridized carbons (Fsp3) is 0.357. The first-order valence-corrected chi connectivity index (χ1v) is 13.1. The van der Waals surface area contributed by atoms with Crippen LogP contribution in [0.1, 0.15) is 6.42 Å². The van der Waals surface area contributed by atoms with Gasteiger partial charge in [-0.1, -0.05) is 0 Å². The van der Waals surface area contributed by atoms with Gasteiger partial charge in [0.25, 0.3) is 0 Å². The fourth-order valence-corrected chi connectivity index (χ4v) is 4.99. The quantitative estimate of drug-likeness (QED) is 0.312. The molecule has 0 aliphatic carbocycles. The normalized spacial score (nSPS) is 17.3. The summed E-state index contributed by atoms with van der Waals surface area (Å²) in [5.41, 5.74) is 3.46. The lowest BCUT2D eigenvalue weighted by molar-refractivity contribution is 0.122. The molecule has 6 rings (SSSR count). The zero-order chi connectivity index (χ0) is 26.6. The minimum absolute atomic E-state index is 0.274. The van der Waals surface area contributed by atoms with E-state index in [9.17, 15) is 0 Å². The minimum atomic E-state index is 0.274. The molecule has 2 fully saturated rings. The summed E-state index contributed by atoms with van der Waals surface area (Å²) in [5, 5.41) is 11.2. The van der Waals surface area contributed by atoms with Gasteiger partial charge in [-0.05, 0) is 37.2 Å². The second kappa shape index (κ2) is 11.3. The van der Waals surface area contributed by atoms with Crippen LogP contribution in [-0.2, 0) is 4.74 Å². The van der Waals surface area contributed by atoms with E-state index >= 15 is 0 Å². The molecule has 1 atom stereocenters. The number of morpholine rings is 1. The number of aromatic nitrogens is 4. The molecule has 0 spiro atoms. The highest BCUT2D eigenvalue weighted by Crippen LogP contribution is 2.34. The molecule has 0 radical (unpaired) electrons. The maximum Gasteiger partial charge on any atom is 0.162 e. The summed E-state index contributed by atoms with van der Waals surface area (Å²) in [7, 11) is 3.31. The van der Waals surface area contributed by atoms with Crippen LogP contribution < -0.4 is 30.3 Å². The Hall–Kier alpha value is -4.22. The van der Waals surface area contributed by atoms with Gasteiger partial charge in [-0.2, -0.15) is 0 Å². The van der Waals surface area contributed by atoms with Crippen LogP contribution in [0, 0.1) is 0 Å². The molecule has 11 nitrogen and oxygen atoms in total. The number of nitrogens with one attached hydrogen (secondary N) is 3. The van der Waals surface area contributed by atoms with Crippen LogP contribution in [0.5, 0.6) is 11.5 Å². The lowest BCUT2D eigenvalue weighted by Crippen LogP contribution is -2.36.